The van der Waals surface area contributed by atoms with Crippen LogP contribution in [0.4, 0.5) is 0 Å². The summed E-state index contributed by atoms with van der Waals surface area (Å²) in [7, 11) is 0. The van der Waals surface area contributed by atoms with Crippen molar-refractivity contribution in [1.82, 2.24) is 4.98 Å². The lowest BCUT2D eigenvalue weighted by atomic mass is 10.2. The van der Waals surface area contributed by atoms with Gasteiger partial charge in [-0.1, -0.05) is 6.07 Å². The normalized spacial score (nSPS) is 13.1. The quantitative estimate of drug-likeness (QED) is 0.635. The molecule has 2 heteroatoms. The Morgan fingerprint density at radius 1 is 1.50 bits per heavy atom. The molecule has 1 aromatic heterocycles. The third-order valence-corrected chi connectivity index (χ3v) is 1.34. The van der Waals surface area contributed by atoms with Gasteiger partial charge in [0, 0.05) is 5.69 Å². The minimum Gasteiger partial charge on any atom is -0.387 e. The molecule has 0 radical (unpaired) electrons. The van der Waals surface area contributed by atoms with Crippen molar-refractivity contribution in [3.63, 3.8) is 0 Å². The standard InChI is InChI=1S/C8H11NO/c1-6-4-3-5-8(9-6)7(2)10/h3-5,7,10H,1-2H3/t7-/m0/s1. The molecule has 0 bridgehead atoms. The van der Waals surface area contributed by atoms with Crippen molar-refractivity contribution in [2.24, 2.45) is 0 Å². The molecule has 1 heterocycles. The Morgan fingerprint density at radius 2 is 2.20 bits per heavy atom. The summed E-state index contributed by atoms with van der Waals surface area (Å²) in [6.45, 7) is 3.62. The Morgan fingerprint density at radius 3 is 2.60 bits per heavy atom. The van der Waals surface area contributed by atoms with E-state index in [1.54, 1.807) is 6.92 Å². The second-order valence-electron chi connectivity index (χ2n) is 2.38. The van der Waals surface area contributed by atoms with Crippen LogP contribution < -0.4 is 0 Å². The minimum absolute atomic E-state index is 0.458. The van der Waals surface area contributed by atoms with Crippen molar-refractivity contribution in [2.45, 2.75) is 20.0 Å². The van der Waals surface area contributed by atoms with Crippen molar-refractivity contribution in [2.75, 3.05) is 0 Å². The third-order valence-electron chi connectivity index (χ3n) is 1.34. The van der Waals surface area contributed by atoms with Crippen molar-refractivity contribution in [3.8, 4) is 0 Å². The van der Waals surface area contributed by atoms with Crippen LogP contribution in [0.5, 0.6) is 0 Å². The van der Waals surface area contributed by atoms with E-state index in [0.29, 0.717) is 0 Å². The van der Waals surface area contributed by atoms with Crippen molar-refractivity contribution < 1.29 is 5.11 Å². The van der Waals surface area contributed by atoms with E-state index in [1.807, 2.05) is 25.1 Å². The first kappa shape index (κ1) is 7.22. The summed E-state index contributed by atoms with van der Waals surface area (Å²) in [5, 5.41) is 9.09. The number of hydrogen-bond donors (Lipinski definition) is 1. The third kappa shape index (κ3) is 1.54. The molecule has 1 aromatic rings. The largest absolute Gasteiger partial charge is 0.387 e. The molecule has 1 rings (SSSR count). The molecule has 0 aromatic carbocycles. The highest BCUT2D eigenvalue weighted by atomic mass is 16.3. The first-order valence-electron chi connectivity index (χ1n) is 3.32. The molecule has 10 heavy (non-hydrogen) atoms. The predicted molar refractivity (Wildman–Crippen MR) is 39.6 cm³/mol. The van der Waals surface area contributed by atoms with Gasteiger partial charge in [-0.15, -0.1) is 0 Å². The molecule has 0 spiro atoms. The number of aliphatic hydroxyl groups excluding tert-OH is 1. The lowest BCUT2D eigenvalue weighted by Crippen LogP contribution is -1.95. The number of pyridine rings is 1. The lowest BCUT2D eigenvalue weighted by Gasteiger charge is -2.02. The zero-order chi connectivity index (χ0) is 7.56. The van der Waals surface area contributed by atoms with E-state index < -0.39 is 6.10 Å². The summed E-state index contributed by atoms with van der Waals surface area (Å²) in [5.74, 6) is 0. The number of nitrogens with zero attached hydrogens (tertiary/aromatic N) is 1. The minimum atomic E-state index is -0.458. The van der Waals surface area contributed by atoms with Crippen molar-refractivity contribution in [3.05, 3.63) is 29.6 Å². The van der Waals surface area contributed by atoms with Crippen LogP contribution in [0.15, 0.2) is 18.2 Å². The van der Waals surface area contributed by atoms with E-state index in [9.17, 15) is 0 Å². The Labute approximate surface area is 60.5 Å². The Balaban J connectivity index is 2.96. The zero-order valence-corrected chi connectivity index (χ0v) is 6.20. The average Bonchev–Trinajstić information content (AvgIpc) is 1.88. The lowest BCUT2D eigenvalue weighted by molar-refractivity contribution is 0.194. The van der Waals surface area contributed by atoms with Gasteiger partial charge in [0.05, 0.1) is 11.8 Å². The predicted octanol–water partition coefficient (Wildman–Crippen LogP) is 1.44. The molecule has 1 atom stereocenters. The maximum Gasteiger partial charge on any atom is 0.0931 e. The Kier molecular flexibility index (Phi) is 2.02. The molecule has 2 nitrogen and oxygen atoms in total. The number of aryl methyl sites for hydroxylation is 1. The van der Waals surface area contributed by atoms with Crippen molar-refractivity contribution >= 4 is 0 Å². The van der Waals surface area contributed by atoms with E-state index >= 15 is 0 Å². The fourth-order valence-electron chi connectivity index (χ4n) is 0.797. The topological polar surface area (TPSA) is 33.1 Å². The second kappa shape index (κ2) is 2.80. The van der Waals surface area contributed by atoms with E-state index in [4.69, 9.17) is 5.11 Å². The van der Waals surface area contributed by atoms with Crippen LogP contribution in [0.2, 0.25) is 0 Å². The maximum absolute atomic E-state index is 9.09. The number of aliphatic hydroxyl groups is 1. The van der Waals surface area contributed by atoms with Gasteiger partial charge in [-0.05, 0) is 26.0 Å². The SMILES string of the molecule is Cc1cccc([C@H](C)O)n1. The summed E-state index contributed by atoms with van der Waals surface area (Å²) >= 11 is 0. The zero-order valence-electron chi connectivity index (χ0n) is 6.20. The fourth-order valence-corrected chi connectivity index (χ4v) is 0.797. The summed E-state index contributed by atoms with van der Waals surface area (Å²) in [5.41, 5.74) is 1.68. The Bertz CT molecular complexity index is 220. The summed E-state index contributed by atoms with van der Waals surface area (Å²) < 4.78 is 0. The molecule has 0 saturated heterocycles. The van der Waals surface area contributed by atoms with Gasteiger partial charge in [0.2, 0.25) is 0 Å². The van der Waals surface area contributed by atoms with Gasteiger partial charge < -0.3 is 5.11 Å². The molecule has 0 amide bonds. The molecular formula is C8H11NO. The van der Waals surface area contributed by atoms with Crippen LogP contribution in [0.25, 0.3) is 0 Å². The number of rotatable bonds is 1. The molecule has 0 aliphatic rings. The average molecular weight is 137 g/mol. The van der Waals surface area contributed by atoms with Gasteiger partial charge in [-0.25, -0.2) is 0 Å². The van der Waals surface area contributed by atoms with Crippen molar-refractivity contribution in [1.29, 1.82) is 0 Å². The molecule has 1 N–H and O–H groups in total. The first-order chi connectivity index (χ1) is 4.70. The van der Waals surface area contributed by atoms with E-state index in [1.165, 1.54) is 0 Å². The van der Waals surface area contributed by atoms with Crippen LogP contribution in [0.1, 0.15) is 24.4 Å². The first-order valence-corrected chi connectivity index (χ1v) is 3.32. The maximum atomic E-state index is 9.09. The summed E-state index contributed by atoms with van der Waals surface area (Å²) in [4.78, 5) is 4.12. The fraction of sp³-hybridized carbons (Fsp3) is 0.375. The highest BCUT2D eigenvalue weighted by Gasteiger charge is 1.99. The smallest absolute Gasteiger partial charge is 0.0931 e. The highest BCUT2D eigenvalue weighted by molar-refractivity contribution is 5.11. The Hall–Kier alpha value is -0.890. The molecule has 0 unspecified atom stereocenters. The van der Waals surface area contributed by atoms with Gasteiger partial charge in [0.1, 0.15) is 0 Å². The summed E-state index contributed by atoms with van der Waals surface area (Å²) in [6.07, 6.45) is -0.458. The number of aromatic nitrogens is 1. The van der Waals surface area contributed by atoms with Crippen LogP contribution in [-0.4, -0.2) is 10.1 Å². The summed E-state index contributed by atoms with van der Waals surface area (Å²) in [6, 6.07) is 5.62. The van der Waals surface area contributed by atoms with Gasteiger partial charge >= 0.3 is 0 Å². The van der Waals surface area contributed by atoms with Gasteiger partial charge in [-0.2, -0.15) is 0 Å². The van der Waals surface area contributed by atoms with Crippen LogP contribution in [-0.2, 0) is 0 Å². The number of hydrogen-bond acceptors (Lipinski definition) is 2. The molecule has 54 valence electrons. The molecule has 0 aliphatic carbocycles. The van der Waals surface area contributed by atoms with Gasteiger partial charge in [-0.3, -0.25) is 4.98 Å². The van der Waals surface area contributed by atoms with E-state index in [0.717, 1.165) is 11.4 Å². The molecule has 0 saturated carbocycles. The van der Waals surface area contributed by atoms with Crippen LogP contribution in [0, 0.1) is 6.92 Å². The van der Waals surface area contributed by atoms with Crippen LogP contribution >= 0.6 is 0 Å². The van der Waals surface area contributed by atoms with E-state index in [2.05, 4.69) is 4.98 Å². The molecular weight excluding hydrogens is 126 g/mol. The molecule has 0 aliphatic heterocycles. The van der Waals surface area contributed by atoms with Gasteiger partial charge in [0.15, 0.2) is 0 Å². The monoisotopic (exact) mass is 137 g/mol. The second-order valence-corrected chi connectivity index (χ2v) is 2.38. The highest BCUT2D eigenvalue weighted by Crippen LogP contribution is 2.07. The van der Waals surface area contributed by atoms with Gasteiger partial charge in [0.25, 0.3) is 0 Å². The van der Waals surface area contributed by atoms with Crippen LogP contribution in [0.3, 0.4) is 0 Å². The molecule has 0 fully saturated rings. The van der Waals surface area contributed by atoms with E-state index in [-0.39, 0.29) is 0 Å².